The van der Waals surface area contributed by atoms with Crippen molar-refractivity contribution in [1.82, 2.24) is 21.1 Å². The summed E-state index contributed by atoms with van der Waals surface area (Å²) >= 11 is 5.65. The molecule has 1 aromatic rings. The topological polar surface area (TPSA) is 91.9 Å². The Labute approximate surface area is 185 Å². The summed E-state index contributed by atoms with van der Waals surface area (Å²) in [4.78, 5) is 25.0. The van der Waals surface area contributed by atoms with Crippen LogP contribution in [0.2, 0.25) is 5.02 Å². The van der Waals surface area contributed by atoms with E-state index in [0.29, 0.717) is 25.0 Å². The predicted molar refractivity (Wildman–Crippen MR) is 112 cm³/mol. The number of methoxy groups -OCH3 is 1. The summed E-state index contributed by atoms with van der Waals surface area (Å²) in [7, 11) is 1.62. The predicted octanol–water partition coefficient (Wildman–Crippen LogP) is 1.44. The van der Waals surface area contributed by atoms with Gasteiger partial charge in [-0.1, -0.05) is 11.6 Å². The van der Waals surface area contributed by atoms with Crippen LogP contribution in [0.5, 0.6) is 5.75 Å². The van der Waals surface area contributed by atoms with Crippen LogP contribution in [0.25, 0.3) is 0 Å². The lowest BCUT2D eigenvalue weighted by molar-refractivity contribution is -0.127. The van der Waals surface area contributed by atoms with E-state index < -0.39 is 5.82 Å². The maximum absolute atomic E-state index is 13.5. The van der Waals surface area contributed by atoms with Crippen molar-refractivity contribution in [1.29, 1.82) is 0 Å². The van der Waals surface area contributed by atoms with Crippen LogP contribution in [0.4, 0.5) is 4.39 Å². The van der Waals surface area contributed by atoms with E-state index in [4.69, 9.17) is 21.1 Å². The Morgan fingerprint density at radius 3 is 2.68 bits per heavy atom. The third-order valence-electron chi connectivity index (χ3n) is 6.42. The van der Waals surface area contributed by atoms with Crippen molar-refractivity contribution < 1.29 is 23.5 Å². The normalized spacial score (nSPS) is 29.8. The van der Waals surface area contributed by atoms with E-state index in [9.17, 15) is 14.0 Å². The Morgan fingerprint density at radius 1 is 1.23 bits per heavy atom. The molecule has 10 heteroatoms. The Morgan fingerprint density at radius 2 is 1.97 bits per heavy atom. The standard InChI is InChI=1S/C21H28ClFN4O4/c1-30-11-27-5-4-17(26-27)21(29)25-19-9-18(12-6-13(19)7-12)24-20(28)10-31-14-2-3-15(22)16(23)8-14/h2-3,8,12-13,17-19,26H,4-7,9-11H2,1H3,(H,24,28)(H,25,29)/t12?,13?,17?,18-,19+/m0/s1. The number of nitrogens with one attached hydrogen (secondary N) is 3. The van der Waals surface area contributed by atoms with Gasteiger partial charge in [0.05, 0.1) is 5.02 Å². The zero-order chi connectivity index (χ0) is 22.0. The second kappa shape index (κ2) is 9.68. The summed E-state index contributed by atoms with van der Waals surface area (Å²) in [6.07, 6.45) is 3.43. The molecule has 0 radical (unpaired) electrons. The van der Waals surface area contributed by atoms with Gasteiger partial charge in [-0.05, 0) is 49.7 Å². The Balaban J connectivity index is 1.24. The summed E-state index contributed by atoms with van der Waals surface area (Å²) in [5.41, 5.74) is 3.17. The van der Waals surface area contributed by atoms with Gasteiger partial charge in [0, 0.05) is 31.8 Å². The SMILES string of the molecule is COCN1CCC(C(=O)N[C@@H]2C[C@H](NC(=O)COc3ccc(Cl)c(F)c3)C3CC2C3)N1. The molecule has 8 nitrogen and oxygen atoms in total. The van der Waals surface area contributed by atoms with Gasteiger partial charge >= 0.3 is 0 Å². The molecule has 1 aromatic carbocycles. The highest BCUT2D eigenvalue weighted by Gasteiger charge is 2.47. The molecular weight excluding hydrogens is 427 g/mol. The van der Waals surface area contributed by atoms with Gasteiger partial charge in [-0.25, -0.2) is 14.8 Å². The summed E-state index contributed by atoms with van der Waals surface area (Å²) in [5.74, 6) is 0.286. The largest absolute Gasteiger partial charge is 0.484 e. The fraction of sp³-hybridized carbons (Fsp3) is 0.619. The van der Waals surface area contributed by atoms with E-state index in [2.05, 4.69) is 16.1 Å². The first-order valence-electron chi connectivity index (χ1n) is 10.6. The molecule has 2 amide bonds. The molecule has 1 heterocycles. The lowest BCUT2D eigenvalue weighted by Crippen LogP contribution is -2.61. The van der Waals surface area contributed by atoms with E-state index in [1.165, 1.54) is 12.1 Å². The number of rotatable bonds is 8. The fourth-order valence-electron chi connectivity index (χ4n) is 4.71. The average molecular weight is 455 g/mol. The number of amides is 2. The van der Waals surface area contributed by atoms with E-state index in [-0.39, 0.29) is 47.3 Å². The maximum atomic E-state index is 13.5. The molecule has 3 aliphatic carbocycles. The van der Waals surface area contributed by atoms with Crippen molar-refractivity contribution in [2.75, 3.05) is 27.0 Å². The monoisotopic (exact) mass is 454 g/mol. The number of halogens is 2. The van der Waals surface area contributed by atoms with Crippen LogP contribution in [0.3, 0.4) is 0 Å². The van der Waals surface area contributed by atoms with Crippen molar-refractivity contribution in [3.05, 3.63) is 29.0 Å². The summed E-state index contributed by atoms with van der Waals surface area (Å²) in [6.45, 7) is 1.00. The van der Waals surface area contributed by atoms with Crippen LogP contribution in [0, 0.1) is 17.7 Å². The summed E-state index contributed by atoms with van der Waals surface area (Å²) in [5, 5.41) is 8.10. The van der Waals surface area contributed by atoms with Gasteiger partial charge in [0.15, 0.2) is 6.61 Å². The van der Waals surface area contributed by atoms with Crippen LogP contribution < -0.4 is 20.8 Å². The molecule has 4 aliphatic rings. The summed E-state index contributed by atoms with van der Waals surface area (Å²) in [6, 6.07) is 3.85. The molecule has 4 fully saturated rings. The number of carbonyl (C=O) groups excluding carboxylic acids is 2. The number of benzene rings is 1. The molecule has 2 bridgehead atoms. The third-order valence-corrected chi connectivity index (χ3v) is 6.73. The molecule has 3 N–H and O–H groups in total. The fourth-order valence-corrected chi connectivity index (χ4v) is 4.82. The number of nitrogens with zero attached hydrogens (tertiary/aromatic N) is 1. The molecule has 0 aromatic heterocycles. The van der Waals surface area contributed by atoms with Crippen LogP contribution in [-0.2, 0) is 14.3 Å². The van der Waals surface area contributed by atoms with Gasteiger partial charge in [-0.2, -0.15) is 0 Å². The number of ether oxygens (including phenoxy) is 2. The van der Waals surface area contributed by atoms with Crippen molar-refractivity contribution in [3.63, 3.8) is 0 Å². The van der Waals surface area contributed by atoms with Crippen molar-refractivity contribution in [2.24, 2.45) is 11.8 Å². The highest BCUT2D eigenvalue weighted by Crippen LogP contribution is 2.45. The number of hydrogen-bond donors (Lipinski definition) is 3. The molecule has 5 rings (SSSR count). The number of fused-ring (bicyclic) bond motifs is 2. The molecule has 1 saturated heterocycles. The summed E-state index contributed by atoms with van der Waals surface area (Å²) < 4.78 is 24.0. The molecule has 31 heavy (non-hydrogen) atoms. The highest BCUT2D eigenvalue weighted by atomic mass is 35.5. The van der Waals surface area contributed by atoms with E-state index >= 15 is 0 Å². The van der Waals surface area contributed by atoms with Crippen molar-refractivity contribution in [3.8, 4) is 5.75 Å². The van der Waals surface area contributed by atoms with Gasteiger partial charge in [0.1, 0.15) is 24.3 Å². The Bertz CT molecular complexity index is 823. The third kappa shape index (κ3) is 5.28. The molecule has 170 valence electrons. The Kier molecular flexibility index (Phi) is 6.95. The van der Waals surface area contributed by atoms with Crippen molar-refractivity contribution >= 4 is 23.4 Å². The van der Waals surface area contributed by atoms with E-state index in [1.54, 1.807) is 7.11 Å². The van der Waals surface area contributed by atoms with Gasteiger partial charge in [-0.3, -0.25) is 9.59 Å². The van der Waals surface area contributed by atoms with Crippen LogP contribution in [0.15, 0.2) is 18.2 Å². The molecule has 1 unspecified atom stereocenters. The smallest absolute Gasteiger partial charge is 0.258 e. The molecule has 3 saturated carbocycles. The second-order valence-electron chi connectivity index (χ2n) is 8.53. The van der Waals surface area contributed by atoms with Crippen LogP contribution in [-0.4, -0.2) is 61.9 Å². The number of hydrazine groups is 1. The van der Waals surface area contributed by atoms with E-state index in [0.717, 1.165) is 31.9 Å². The first-order valence-corrected chi connectivity index (χ1v) is 11.0. The lowest BCUT2D eigenvalue weighted by atomic mass is 9.60. The highest BCUT2D eigenvalue weighted by molar-refractivity contribution is 6.30. The second-order valence-corrected chi connectivity index (χ2v) is 8.94. The van der Waals surface area contributed by atoms with Gasteiger partial charge < -0.3 is 20.1 Å². The first kappa shape index (κ1) is 22.3. The molecular formula is C21H28ClFN4O4. The van der Waals surface area contributed by atoms with Crippen LogP contribution >= 0.6 is 11.6 Å². The minimum atomic E-state index is -0.590. The van der Waals surface area contributed by atoms with Gasteiger partial charge in [-0.15, -0.1) is 0 Å². The molecule has 0 spiro atoms. The first-order chi connectivity index (χ1) is 14.9. The van der Waals surface area contributed by atoms with Gasteiger partial charge in [0.25, 0.3) is 5.91 Å². The Hall–Kier alpha value is -1.94. The zero-order valence-electron chi connectivity index (χ0n) is 17.4. The van der Waals surface area contributed by atoms with Crippen LogP contribution in [0.1, 0.15) is 25.7 Å². The quantitative estimate of drug-likeness (QED) is 0.550. The average Bonchev–Trinajstić information content (AvgIpc) is 3.17. The lowest BCUT2D eigenvalue weighted by Gasteiger charge is -2.51. The molecule has 3 atom stereocenters. The minimum Gasteiger partial charge on any atom is -0.484 e. The van der Waals surface area contributed by atoms with E-state index in [1.807, 2.05) is 5.01 Å². The number of hydrogen-bond acceptors (Lipinski definition) is 6. The maximum Gasteiger partial charge on any atom is 0.258 e. The van der Waals surface area contributed by atoms with Crippen molar-refractivity contribution in [2.45, 2.75) is 43.8 Å². The molecule has 1 aliphatic heterocycles. The number of carbonyl (C=O) groups is 2. The minimum absolute atomic E-state index is 0.00474. The zero-order valence-corrected chi connectivity index (χ0v) is 18.2. The van der Waals surface area contributed by atoms with Gasteiger partial charge in [0.2, 0.25) is 5.91 Å².